The molecule has 2 aromatic rings. The van der Waals surface area contributed by atoms with Gasteiger partial charge in [0.05, 0.1) is 7.11 Å². The van der Waals surface area contributed by atoms with Crippen molar-refractivity contribution in [1.29, 1.82) is 0 Å². The van der Waals surface area contributed by atoms with Gasteiger partial charge in [-0.05, 0) is 49.2 Å². The average molecular weight is 273 g/mol. The number of nitrogens with one attached hydrogen (secondary N) is 1. The number of hydrogen-bond donors (Lipinski definition) is 1. The van der Waals surface area contributed by atoms with Gasteiger partial charge >= 0.3 is 0 Å². The highest BCUT2D eigenvalue weighted by molar-refractivity contribution is 5.30. The summed E-state index contributed by atoms with van der Waals surface area (Å²) in [5, 5.41) is 3.47. The fraction of sp³-hybridized carbons (Fsp3) is 0.294. The van der Waals surface area contributed by atoms with E-state index in [1.807, 2.05) is 31.2 Å². The molecule has 2 aromatic carbocycles. The van der Waals surface area contributed by atoms with Crippen molar-refractivity contribution in [3.8, 4) is 5.75 Å². The van der Waals surface area contributed by atoms with Gasteiger partial charge in [0.1, 0.15) is 11.6 Å². The Bertz CT molecular complexity index is 570. The zero-order valence-electron chi connectivity index (χ0n) is 12.1. The Morgan fingerprint density at radius 3 is 2.15 bits per heavy atom. The standard InChI is InChI=1S/C17H20FNO/c1-12(14-6-4-8-16(18)10-14)19-13(2)15-7-5-9-17(11-15)20-3/h4-13,19H,1-3H3/t12-,13?/m0/s1. The first-order valence-electron chi connectivity index (χ1n) is 6.75. The lowest BCUT2D eigenvalue weighted by atomic mass is 10.0. The van der Waals surface area contributed by atoms with Gasteiger partial charge in [-0.1, -0.05) is 24.3 Å². The van der Waals surface area contributed by atoms with Crippen molar-refractivity contribution >= 4 is 0 Å². The molecule has 0 radical (unpaired) electrons. The van der Waals surface area contributed by atoms with Gasteiger partial charge in [-0.2, -0.15) is 0 Å². The summed E-state index contributed by atoms with van der Waals surface area (Å²) in [7, 11) is 1.66. The van der Waals surface area contributed by atoms with Crippen molar-refractivity contribution in [3.05, 3.63) is 65.5 Å². The van der Waals surface area contributed by atoms with Crippen molar-refractivity contribution in [3.63, 3.8) is 0 Å². The lowest BCUT2D eigenvalue weighted by Crippen LogP contribution is -2.22. The number of halogens is 1. The quantitative estimate of drug-likeness (QED) is 0.879. The van der Waals surface area contributed by atoms with E-state index in [1.165, 1.54) is 6.07 Å². The molecule has 1 N–H and O–H groups in total. The van der Waals surface area contributed by atoms with E-state index in [2.05, 4.69) is 18.3 Å². The number of benzene rings is 2. The third kappa shape index (κ3) is 3.58. The smallest absolute Gasteiger partial charge is 0.123 e. The van der Waals surface area contributed by atoms with Crippen LogP contribution in [0.25, 0.3) is 0 Å². The first-order valence-corrected chi connectivity index (χ1v) is 6.75. The number of rotatable bonds is 5. The first-order chi connectivity index (χ1) is 9.60. The number of hydrogen-bond acceptors (Lipinski definition) is 2. The molecule has 0 aliphatic carbocycles. The monoisotopic (exact) mass is 273 g/mol. The van der Waals surface area contributed by atoms with Crippen LogP contribution in [-0.2, 0) is 0 Å². The largest absolute Gasteiger partial charge is 0.497 e. The molecule has 106 valence electrons. The van der Waals surface area contributed by atoms with Crippen LogP contribution in [0.1, 0.15) is 37.1 Å². The highest BCUT2D eigenvalue weighted by Gasteiger charge is 2.12. The minimum absolute atomic E-state index is 0.0758. The maximum Gasteiger partial charge on any atom is 0.123 e. The zero-order chi connectivity index (χ0) is 14.5. The predicted molar refractivity (Wildman–Crippen MR) is 79.4 cm³/mol. The summed E-state index contributed by atoms with van der Waals surface area (Å²) >= 11 is 0. The number of ether oxygens (including phenoxy) is 1. The lowest BCUT2D eigenvalue weighted by molar-refractivity contribution is 0.412. The molecule has 0 aliphatic rings. The summed E-state index contributed by atoms with van der Waals surface area (Å²) in [5.74, 6) is 0.639. The fourth-order valence-electron chi connectivity index (χ4n) is 2.25. The molecule has 0 aromatic heterocycles. The van der Waals surface area contributed by atoms with E-state index in [0.717, 1.165) is 16.9 Å². The van der Waals surface area contributed by atoms with E-state index in [-0.39, 0.29) is 17.9 Å². The summed E-state index contributed by atoms with van der Waals surface area (Å²) in [6.07, 6.45) is 0. The van der Waals surface area contributed by atoms with Crippen molar-refractivity contribution in [1.82, 2.24) is 5.32 Å². The third-order valence-corrected chi connectivity index (χ3v) is 3.44. The molecule has 2 rings (SSSR count). The Morgan fingerprint density at radius 1 is 0.950 bits per heavy atom. The van der Waals surface area contributed by atoms with E-state index >= 15 is 0 Å². The van der Waals surface area contributed by atoms with Crippen molar-refractivity contribution in [2.45, 2.75) is 25.9 Å². The molecule has 0 saturated carbocycles. The van der Waals surface area contributed by atoms with Crippen LogP contribution in [0.2, 0.25) is 0 Å². The molecule has 1 unspecified atom stereocenters. The van der Waals surface area contributed by atoms with Crippen LogP contribution in [0, 0.1) is 5.82 Å². The molecule has 20 heavy (non-hydrogen) atoms. The SMILES string of the molecule is COc1cccc(C(C)N[C@@H](C)c2cccc(F)c2)c1. The van der Waals surface area contributed by atoms with Crippen LogP contribution in [0.4, 0.5) is 4.39 Å². The summed E-state index contributed by atoms with van der Waals surface area (Å²) in [5.41, 5.74) is 2.09. The minimum Gasteiger partial charge on any atom is -0.497 e. The second kappa shape index (κ2) is 6.53. The Balaban J connectivity index is 2.08. The summed E-state index contributed by atoms with van der Waals surface area (Å²) in [6.45, 7) is 4.12. The second-order valence-corrected chi connectivity index (χ2v) is 4.94. The van der Waals surface area contributed by atoms with E-state index in [4.69, 9.17) is 4.74 Å². The Kier molecular flexibility index (Phi) is 4.74. The fourth-order valence-corrected chi connectivity index (χ4v) is 2.25. The Morgan fingerprint density at radius 2 is 1.55 bits per heavy atom. The average Bonchev–Trinajstić information content (AvgIpc) is 2.47. The zero-order valence-corrected chi connectivity index (χ0v) is 12.1. The molecule has 0 spiro atoms. The third-order valence-electron chi connectivity index (χ3n) is 3.44. The maximum atomic E-state index is 13.2. The molecule has 0 amide bonds. The van der Waals surface area contributed by atoms with Crippen LogP contribution in [0.5, 0.6) is 5.75 Å². The molecule has 0 bridgehead atoms. The Labute approximate surface area is 119 Å². The molecule has 2 nitrogen and oxygen atoms in total. The van der Waals surface area contributed by atoms with Crippen molar-refractivity contribution in [2.75, 3.05) is 7.11 Å². The predicted octanol–water partition coefficient (Wildman–Crippen LogP) is 4.25. The van der Waals surface area contributed by atoms with Crippen LogP contribution < -0.4 is 10.1 Å². The van der Waals surface area contributed by atoms with Crippen LogP contribution in [0.3, 0.4) is 0 Å². The van der Waals surface area contributed by atoms with E-state index in [9.17, 15) is 4.39 Å². The molecule has 0 aliphatic heterocycles. The normalized spacial score (nSPS) is 13.8. The highest BCUT2D eigenvalue weighted by Crippen LogP contribution is 2.22. The van der Waals surface area contributed by atoms with Gasteiger partial charge in [-0.15, -0.1) is 0 Å². The van der Waals surface area contributed by atoms with Crippen LogP contribution in [0.15, 0.2) is 48.5 Å². The van der Waals surface area contributed by atoms with Gasteiger partial charge in [-0.3, -0.25) is 0 Å². The lowest BCUT2D eigenvalue weighted by Gasteiger charge is -2.21. The van der Waals surface area contributed by atoms with Gasteiger partial charge in [0, 0.05) is 12.1 Å². The topological polar surface area (TPSA) is 21.3 Å². The molecule has 2 atom stereocenters. The van der Waals surface area contributed by atoms with Gasteiger partial charge in [0.25, 0.3) is 0 Å². The van der Waals surface area contributed by atoms with Gasteiger partial charge in [-0.25, -0.2) is 4.39 Å². The molecule has 3 heteroatoms. The van der Waals surface area contributed by atoms with E-state index in [0.29, 0.717) is 0 Å². The minimum atomic E-state index is -0.204. The molecule has 0 fully saturated rings. The van der Waals surface area contributed by atoms with Crippen molar-refractivity contribution < 1.29 is 9.13 Å². The summed E-state index contributed by atoms with van der Waals surface area (Å²) < 4.78 is 18.5. The highest BCUT2D eigenvalue weighted by atomic mass is 19.1. The van der Waals surface area contributed by atoms with Crippen LogP contribution >= 0.6 is 0 Å². The van der Waals surface area contributed by atoms with Gasteiger partial charge < -0.3 is 10.1 Å². The number of methoxy groups -OCH3 is 1. The second-order valence-electron chi connectivity index (χ2n) is 4.94. The molecular formula is C17H20FNO. The molecular weight excluding hydrogens is 253 g/mol. The molecule has 0 saturated heterocycles. The Hall–Kier alpha value is -1.87. The van der Waals surface area contributed by atoms with Gasteiger partial charge in [0.15, 0.2) is 0 Å². The summed E-state index contributed by atoms with van der Waals surface area (Å²) in [6, 6.07) is 14.9. The maximum absolute atomic E-state index is 13.2. The summed E-state index contributed by atoms with van der Waals surface area (Å²) in [4.78, 5) is 0. The van der Waals surface area contributed by atoms with Crippen molar-refractivity contribution in [2.24, 2.45) is 0 Å². The van der Waals surface area contributed by atoms with E-state index in [1.54, 1.807) is 19.2 Å². The first kappa shape index (κ1) is 14.5. The van der Waals surface area contributed by atoms with Gasteiger partial charge in [0.2, 0.25) is 0 Å². The molecule has 0 heterocycles. The van der Waals surface area contributed by atoms with E-state index < -0.39 is 0 Å². The van der Waals surface area contributed by atoms with Crippen LogP contribution in [-0.4, -0.2) is 7.11 Å².